The number of rotatable bonds is 4. The summed E-state index contributed by atoms with van der Waals surface area (Å²) in [7, 11) is 0. The van der Waals surface area contributed by atoms with Crippen molar-refractivity contribution in [1.29, 1.82) is 5.41 Å². The maximum Gasteiger partial charge on any atom is 0.0701 e. The summed E-state index contributed by atoms with van der Waals surface area (Å²) < 4.78 is 0. The molecule has 1 aliphatic heterocycles. The average Bonchev–Trinajstić information content (AvgIpc) is 3.01. The first kappa shape index (κ1) is 13.3. The fourth-order valence-electron chi connectivity index (χ4n) is 2.27. The smallest absolute Gasteiger partial charge is 0.0701 e. The van der Waals surface area contributed by atoms with Crippen molar-refractivity contribution in [3.8, 4) is 11.3 Å². The van der Waals surface area contributed by atoms with Crippen molar-refractivity contribution in [2.75, 3.05) is 24.7 Å². The highest BCUT2D eigenvalue weighted by Gasteiger charge is 2.14. The molecule has 0 saturated carbocycles. The van der Waals surface area contributed by atoms with Crippen LogP contribution >= 0.6 is 11.8 Å². The Morgan fingerprint density at radius 2 is 2.05 bits per heavy atom. The van der Waals surface area contributed by atoms with E-state index in [0.717, 1.165) is 35.8 Å². The van der Waals surface area contributed by atoms with Gasteiger partial charge >= 0.3 is 0 Å². The fraction of sp³-hybridized carbons (Fsp3) is 0.250. The number of nitrogens with zero attached hydrogens (tertiary/aromatic N) is 2. The Hall–Kier alpha value is -1.65. The van der Waals surface area contributed by atoms with Crippen LogP contribution in [0.15, 0.2) is 48.7 Å². The van der Waals surface area contributed by atoms with Gasteiger partial charge in [-0.25, -0.2) is 0 Å². The van der Waals surface area contributed by atoms with Gasteiger partial charge in [0.1, 0.15) is 0 Å². The normalized spacial score (nSPS) is 15.4. The summed E-state index contributed by atoms with van der Waals surface area (Å²) in [6.45, 7) is 1.84. The second-order valence-electron chi connectivity index (χ2n) is 4.86. The molecule has 1 aliphatic rings. The summed E-state index contributed by atoms with van der Waals surface area (Å²) >= 11 is 1.94. The van der Waals surface area contributed by atoms with Gasteiger partial charge < -0.3 is 5.41 Å². The van der Waals surface area contributed by atoms with Crippen molar-refractivity contribution >= 4 is 17.5 Å². The number of hydrogen-bond donors (Lipinski definition) is 1. The summed E-state index contributed by atoms with van der Waals surface area (Å²) in [4.78, 5) is 6.66. The van der Waals surface area contributed by atoms with E-state index < -0.39 is 0 Å². The van der Waals surface area contributed by atoms with Crippen LogP contribution in [0.5, 0.6) is 0 Å². The van der Waals surface area contributed by atoms with Gasteiger partial charge in [-0.2, -0.15) is 0 Å². The zero-order chi connectivity index (χ0) is 13.8. The minimum Gasteiger partial charge on any atom is -0.303 e. The first-order valence-electron chi connectivity index (χ1n) is 6.72. The molecule has 0 atom stereocenters. The van der Waals surface area contributed by atoms with Crippen molar-refractivity contribution in [1.82, 2.24) is 9.88 Å². The molecular weight excluding hydrogens is 266 g/mol. The van der Waals surface area contributed by atoms with Crippen LogP contribution in [0.3, 0.4) is 0 Å². The maximum absolute atomic E-state index is 8.20. The molecule has 0 bridgehead atoms. The quantitative estimate of drug-likeness (QED) is 0.876. The Kier molecular flexibility index (Phi) is 4.14. The summed E-state index contributed by atoms with van der Waals surface area (Å²) in [6, 6.07) is 14.0. The number of pyridine rings is 1. The number of aromatic nitrogens is 1. The third-order valence-corrected chi connectivity index (χ3v) is 4.42. The molecule has 2 heterocycles. The molecule has 1 aromatic heterocycles. The van der Waals surface area contributed by atoms with Crippen molar-refractivity contribution in [2.24, 2.45) is 0 Å². The summed E-state index contributed by atoms with van der Waals surface area (Å²) in [5, 5.41) is 8.20. The Bertz CT molecular complexity index is 574. The van der Waals surface area contributed by atoms with Gasteiger partial charge in [0.15, 0.2) is 0 Å². The first-order valence-corrected chi connectivity index (χ1v) is 7.88. The van der Waals surface area contributed by atoms with E-state index in [2.05, 4.69) is 9.88 Å². The lowest BCUT2D eigenvalue weighted by molar-refractivity contribution is 0.407. The molecule has 0 unspecified atom stereocenters. The largest absolute Gasteiger partial charge is 0.303 e. The molecule has 4 heteroatoms. The van der Waals surface area contributed by atoms with Gasteiger partial charge in [0, 0.05) is 36.5 Å². The van der Waals surface area contributed by atoms with Crippen LogP contribution in [0, 0.1) is 5.41 Å². The minimum atomic E-state index is 0.695. The molecule has 1 aromatic carbocycles. The molecule has 0 spiro atoms. The standard InChI is InChI=1S/C16H17N3S/c17-15(11-19-9-10-20-12-19)13-4-6-14(7-5-13)16-3-1-2-8-18-16/h1-8,17H,9-12H2. The molecule has 0 aliphatic carbocycles. The molecule has 0 radical (unpaired) electrons. The van der Waals surface area contributed by atoms with Crippen LogP contribution in [0.1, 0.15) is 5.56 Å². The topological polar surface area (TPSA) is 40.0 Å². The lowest BCUT2D eigenvalue weighted by atomic mass is 10.1. The van der Waals surface area contributed by atoms with Gasteiger partial charge in [0.2, 0.25) is 0 Å². The zero-order valence-corrected chi connectivity index (χ0v) is 12.1. The van der Waals surface area contributed by atoms with Gasteiger partial charge in [-0.3, -0.25) is 9.88 Å². The SMILES string of the molecule is N=C(CN1CCSC1)c1ccc(-c2ccccn2)cc1. The van der Waals surface area contributed by atoms with Crippen LogP contribution < -0.4 is 0 Å². The van der Waals surface area contributed by atoms with Crippen LogP contribution in [0.2, 0.25) is 0 Å². The van der Waals surface area contributed by atoms with E-state index in [4.69, 9.17) is 5.41 Å². The number of hydrogen-bond acceptors (Lipinski definition) is 4. The summed E-state index contributed by atoms with van der Waals surface area (Å²) in [5.41, 5.74) is 3.77. The van der Waals surface area contributed by atoms with Crippen LogP contribution in [0.4, 0.5) is 0 Å². The van der Waals surface area contributed by atoms with Gasteiger partial charge in [0.05, 0.1) is 11.4 Å². The van der Waals surface area contributed by atoms with Crippen LogP contribution in [-0.4, -0.2) is 40.3 Å². The molecule has 1 saturated heterocycles. The zero-order valence-electron chi connectivity index (χ0n) is 11.2. The molecule has 0 amide bonds. The average molecular weight is 283 g/mol. The van der Waals surface area contributed by atoms with Gasteiger partial charge in [0.25, 0.3) is 0 Å². The van der Waals surface area contributed by atoms with Gasteiger partial charge in [-0.1, -0.05) is 30.3 Å². The maximum atomic E-state index is 8.20. The van der Waals surface area contributed by atoms with E-state index >= 15 is 0 Å². The molecule has 20 heavy (non-hydrogen) atoms. The van der Waals surface area contributed by atoms with Crippen molar-refractivity contribution in [3.05, 3.63) is 54.2 Å². The van der Waals surface area contributed by atoms with Gasteiger partial charge in [-0.05, 0) is 17.7 Å². The highest BCUT2D eigenvalue weighted by molar-refractivity contribution is 7.99. The summed E-state index contributed by atoms with van der Waals surface area (Å²) in [6.07, 6.45) is 1.80. The Labute approximate surface area is 123 Å². The van der Waals surface area contributed by atoms with E-state index in [1.165, 1.54) is 5.75 Å². The molecule has 1 fully saturated rings. The molecule has 2 aromatic rings. The predicted octanol–water partition coefficient (Wildman–Crippen LogP) is 3.12. The molecule has 3 nitrogen and oxygen atoms in total. The van der Waals surface area contributed by atoms with Crippen molar-refractivity contribution < 1.29 is 0 Å². The minimum absolute atomic E-state index is 0.695. The van der Waals surface area contributed by atoms with E-state index in [-0.39, 0.29) is 0 Å². The van der Waals surface area contributed by atoms with Crippen molar-refractivity contribution in [3.63, 3.8) is 0 Å². The second-order valence-corrected chi connectivity index (χ2v) is 5.94. The van der Waals surface area contributed by atoms with E-state index in [9.17, 15) is 0 Å². The van der Waals surface area contributed by atoms with Crippen LogP contribution in [0.25, 0.3) is 11.3 Å². The molecular formula is C16H17N3S. The Morgan fingerprint density at radius 1 is 1.20 bits per heavy atom. The highest BCUT2D eigenvalue weighted by atomic mass is 32.2. The van der Waals surface area contributed by atoms with Crippen molar-refractivity contribution in [2.45, 2.75) is 0 Å². The van der Waals surface area contributed by atoms with E-state index in [1.807, 2.05) is 54.2 Å². The summed E-state index contributed by atoms with van der Waals surface area (Å²) in [5.74, 6) is 2.24. The Morgan fingerprint density at radius 3 is 2.70 bits per heavy atom. The van der Waals surface area contributed by atoms with E-state index in [1.54, 1.807) is 6.20 Å². The predicted molar refractivity (Wildman–Crippen MR) is 85.4 cm³/mol. The molecule has 1 N–H and O–H groups in total. The molecule has 3 rings (SSSR count). The van der Waals surface area contributed by atoms with E-state index in [0.29, 0.717) is 5.71 Å². The fourth-order valence-corrected chi connectivity index (χ4v) is 3.26. The highest BCUT2D eigenvalue weighted by Crippen LogP contribution is 2.18. The number of benzene rings is 1. The first-order chi connectivity index (χ1) is 9.83. The van der Waals surface area contributed by atoms with Crippen LogP contribution in [-0.2, 0) is 0 Å². The molecule has 102 valence electrons. The second kappa shape index (κ2) is 6.20. The lowest BCUT2D eigenvalue weighted by Gasteiger charge is -2.14. The number of thioether (sulfide) groups is 1. The number of nitrogens with one attached hydrogen (secondary N) is 1. The monoisotopic (exact) mass is 283 g/mol. The van der Waals surface area contributed by atoms with Gasteiger partial charge in [-0.15, -0.1) is 11.8 Å². The third-order valence-electron chi connectivity index (χ3n) is 3.40. The third kappa shape index (κ3) is 3.08. The lowest BCUT2D eigenvalue weighted by Crippen LogP contribution is -2.27. The Balaban J connectivity index is 1.71.